The first-order valence-electron chi connectivity index (χ1n) is 6.45. The van der Waals surface area contributed by atoms with Gasteiger partial charge in [-0.25, -0.2) is 4.79 Å². The number of rotatable bonds is 5. The van der Waals surface area contributed by atoms with Gasteiger partial charge < -0.3 is 25.2 Å². The Bertz CT molecular complexity index is 644. The first-order valence-corrected chi connectivity index (χ1v) is 7.53. The Morgan fingerprint density at radius 2 is 2.23 bits per heavy atom. The zero-order chi connectivity index (χ0) is 16.3. The molecule has 0 atom stereocenters. The molecule has 118 valence electrons. The molecule has 22 heavy (non-hydrogen) atoms. The summed E-state index contributed by atoms with van der Waals surface area (Å²) in [6, 6.07) is 4.63. The molecule has 3 N–H and O–H groups in total. The van der Waals surface area contributed by atoms with Crippen LogP contribution >= 0.6 is 22.6 Å². The van der Waals surface area contributed by atoms with Crippen LogP contribution in [0.5, 0.6) is 5.75 Å². The summed E-state index contributed by atoms with van der Waals surface area (Å²) in [6.07, 6.45) is 0. The third-order valence-electron chi connectivity index (χ3n) is 3.17. The number of hydrogen-bond donors (Lipinski definition) is 3. The van der Waals surface area contributed by atoms with E-state index >= 15 is 0 Å². The molecule has 7 nitrogen and oxygen atoms in total. The molecular weight excluding hydrogens is 403 g/mol. The number of esters is 1. The van der Waals surface area contributed by atoms with E-state index in [-0.39, 0.29) is 42.6 Å². The molecule has 0 saturated heterocycles. The minimum atomic E-state index is -0.593. The van der Waals surface area contributed by atoms with E-state index in [2.05, 4.69) is 5.32 Å². The lowest BCUT2D eigenvalue weighted by molar-refractivity contribution is -0.136. The van der Waals surface area contributed by atoms with Crippen molar-refractivity contribution in [2.75, 3.05) is 32.1 Å². The van der Waals surface area contributed by atoms with Gasteiger partial charge in [0.1, 0.15) is 11.4 Å². The minimum absolute atomic E-state index is 0.0864. The Morgan fingerprint density at radius 1 is 1.50 bits per heavy atom. The second-order valence-electron chi connectivity index (χ2n) is 4.58. The molecule has 0 unspecified atom stereocenters. The molecule has 1 amide bonds. The van der Waals surface area contributed by atoms with Gasteiger partial charge in [-0.1, -0.05) is 0 Å². The van der Waals surface area contributed by atoms with E-state index in [1.165, 1.54) is 24.1 Å². The zero-order valence-corrected chi connectivity index (χ0v) is 14.0. The summed E-state index contributed by atoms with van der Waals surface area (Å²) < 4.78 is 5.40. The first-order chi connectivity index (χ1) is 10.5. The Kier molecular flexibility index (Phi) is 5.24. The van der Waals surface area contributed by atoms with Crippen LogP contribution in [0.1, 0.15) is 0 Å². The van der Waals surface area contributed by atoms with Crippen molar-refractivity contribution in [3.63, 3.8) is 0 Å². The smallest absolute Gasteiger partial charge is 0.337 e. The number of methoxy groups -OCH3 is 1. The van der Waals surface area contributed by atoms with Crippen LogP contribution in [0.15, 0.2) is 29.5 Å². The number of anilines is 1. The van der Waals surface area contributed by atoms with Crippen molar-refractivity contribution in [2.45, 2.75) is 0 Å². The fourth-order valence-corrected chi connectivity index (χ4v) is 2.72. The van der Waals surface area contributed by atoms with Crippen LogP contribution in [0.3, 0.4) is 0 Å². The lowest BCUT2D eigenvalue weighted by Gasteiger charge is -2.15. The summed E-state index contributed by atoms with van der Waals surface area (Å²) in [4.78, 5) is 25.6. The molecule has 1 aliphatic rings. The quantitative estimate of drug-likeness (QED) is 0.370. The number of hydrogen-bond acceptors (Lipinski definition) is 6. The van der Waals surface area contributed by atoms with E-state index in [1.807, 2.05) is 22.6 Å². The molecule has 1 aromatic rings. The van der Waals surface area contributed by atoms with E-state index in [0.717, 1.165) is 0 Å². The number of phenolic OH excluding ortho intramolecular Hbond substituents is 1. The number of carbonyl (C=O) groups is 2. The number of carbonyl (C=O) groups excluding carboxylic acids is 2. The van der Waals surface area contributed by atoms with Crippen LogP contribution in [0, 0.1) is 3.57 Å². The van der Waals surface area contributed by atoms with E-state index in [0.29, 0.717) is 9.26 Å². The predicted molar refractivity (Wildman–Crippen MR) is 87.2 cm³/mol. The van der Waals surface area contributed by atoms with Gasteiger partial charge in [-0.3, -0.25) is 4.79 Å². The highest BCUT2D eigenvalue weighted by atomic mass is 127. The fourth-order valence-electron chi connectivity index (χ4n) is 2.09. The lowest BCUT2D eigenvalue weighted by Crippen LogP contribution is -2.31. The maximum atomic E-state index is 12.3. The Balaban J connectivity index is 2.34. The summed E-state index contributed by atoms with van der Waals surface area (Å²) in [5.74, 6) is -0.861. The van der Waals surface area contributed by atoms with Crippen molar-refractivity contribution in [1.82, 2.24) is 4.90 Å². The van der Waals surface area contributed by atoms with Crippen LogP contribution in [0.25, 0.3) is 0 Å². The molecule has 0 radical (unpaired) electrons. The molecule has 0 fully saturated rings. The second-order valence-corrected chi connectivity index (χ2v) is 5.75. The van der Waals surface area contributed by atoms with E-state index in [1.54, 1.807) is 6.07 Å². The van der Waals surface area contributed by atoms with E-state index in [4.69, 9.17) is 9.84 Å². The van der Waals surface area contributed by atoms with Crippen LogP contribution in [-0.4, -0.2) is 53.8 Å². The van der Waals surface area contributed by atoms with Gasteiger partial charge in [-0.05, 0) is 40.8 Å². The number of aromatic hydroxyl groups is 1. The maximum Gasteiger partial charge on any atom is 0.337 e. The predicted octanol–water partition coefficient (Wildman–Crippen LogP) is 0.670. The van der Waals surface area contributed by atoms with Crippen LogP contribution in [-0.2, 0) is 14.3 Å². The third kappa shape index (κ3) is 3.33. The normalized spacial score (nSPS) is 14.5. The van der Waals surface area contributed by atoms with Crippen molar-refractivity contribution < 1.29 is 24.5 Å². The van der Waals surface area contributed by atoms with Gasteiger partial charge in [0.05, 0.1) is 31.5 Å². The van der Waals surface area contributed by atoms with E-state index in [9.17, 15) is 14.7 Å². The summed E-state index contributed by atoms with van der Waals surface area (Å²) in [7, 11) is 1.25. The molecule has 2 rings (SSSR count). The Hall–Kier alpha value is -1.81. The SMILES string of the molecule is COC(=O)C1=C(Nc2ccc(O)cc2I)C(=O)N(CCO)C1. The average molecular weight is 418 g/mol. The molecule has 1 aromatic carbocycles. The fraction of sp³-hybridized carbons (Fsp3) is 0.286. The van der Waals surface area contributed by atoms with Gasteiger partial charge in [0.15, 0.2) is 0 Å². The Morgan fingerprint density at radius 3 is 2.82 bits per heavy atom. The number of ether oxygens (including phenoxy) is 1. The molecular formula is C14H15IN2O5. The summed E-state index contributed by atoms with van der Waals surface area (Å²) in [5, 5.41) is 21.3. The van der Waals surface area contributed by atoms with Gasteiger partial charge in [-0.15, -0.1) is 0 Å². The third-order valence-corrected chi connectivity index (χ3v) is 4.06. The van der Waals surface area contributed by atoms with Crippen molar-refractivity contribution in [3.8, 4) is 5.75 Å². The van der Waals surface area contributed by atoms with Gasteiger partial charge in [0.25, 0.3) is 5.91 Å². The maximum absolute atomic E-state index is 12.3. The van der Waals surface area contributed by atoms with E-state index < -0.39 is 5.97 Å². The number of benzene rings is 1. The number of amides is 1. The summed E-state index contributed by atoms with van der Waals surface area (Å²) in [5.41, 5.74) is 0.933. The highest BCUT2D eigenvalue weighted by molar-refractivity contribution is 14.1. The molecule has 0 aromatic heterocycles. The molecule has 1 heterocycles. The molecule has 8 heteroatoms. The Labute approximate surface area is 140 Å². The molecule has 0 saturated carbocycles. The number of aliphatic hydroxyl groups excluding tert-OH is 1. The van der Waals surface area contributed by atoms with Gasteiger partial charge in [0, 0.05) is 10.1 Å². The second kappa shape index (κ2) is 6.97. The summed E-state index contributed by atoms with van der Waals surface area (Å²) in [6.45, 7) is 0.0322. The number of nitrogens with zero attached hydrogens (tertiary/aromatic N) is 1. The number of phenols is 1. The molecule has 0 spiro atoms. The zero-order valence-electron chi connectivity index (χ0n) is 11.8. The highest BCUT2D eigenvalue weighted by Crippen LogP contribution is 2.27. The van der Waals surface area contributed by atoms with Crippen LogP contribution < -0.4 is 5.32 Å². The molecule has 0 aliphatic carbocycles. The number of β-amino-alcohol motifs (C(OH)–C–C–N with tert-alkyl or cyclic N) is 1. The van der Waals surface area contributed by atoms with Gasteiger partial charge in [-0.2, -0.15) is 0 Å². The summed E-state index contributed by atoms with van der Waals surface area (Å²) >= 11 is 2.01. The van der Waals surface area contributed by atoms with Crippen molar-refractivity contribution >= 4 is 40.2 Å². The minimum Gasteiger partial charge on any atom is -0.508 e. The van der Waals surface area contributed by atoms with Crippen LogP contribution in [0.2, 0.25) is 0 Å². The monoisotopic (exact) mass is 418 g/mol. The average Bonchev–Trinajstić information content (AvgIpc) is 2.79. The largest absolute Gasteiger partial charge is 0.508 e. The van der Waals surface area contributed by atoms with Crippen molar-refractivity contribution in [3.05, 3.63) is 33.0 Å². The lowest BCUT2D eigenvalue weighted by atomic mass is 10.2. The molecule has 0 bridgehead atoms. The number of aliphatic hydroxyl groups is 1. The number of halogens is 1. The number of nitrogens with one attached hydrogen (secondary N) is 1. The van der Waals surface area contributed by atoms with Crippen molar-refractivity contribution in [2.24, 2.45) is 0 Å². The van der Waals surface area contributed by atoms with Crippen molar-refractivity contribution in [1.29, 1.82) is 0 Å². The topological polar surface area (TPSA) is 99.1 Å². The standard InChI is InChI=1S/C14H15IN2O5/c1-22-14(21)9-7-17(4-5-18)13(20)12(9)16-11-3-2-8(19)6-10(11)15/h2-3,6,16,18-19H,4-5,7H2,1H3. The van der Waals surface area contributed by atoms with Gasteiger partial charge >= 0.3 is 5.97 Å². The highest BCUT2D eigenvalue weighted by Gasteiger charge is 2.34. The van der Waals surface area contributed by atoms with Gasteiger partial charge in [0.2, 0.25) is 0 Å². The van der Waals surface area contributed by atoms with Crippen LogP contribution in [0.4, 0.5) is 5.69 Å². The first kappa shape index (κ1) is 16.6. The molecule has 1 aliphatic heterocycles.